The third kappa shape index (κ3) is 4.01. The molecule has 21 heavy (non-hydrogen) atoms. The molecular formula is C16H25N3OSi. The molecule has 0 atom stereocenters. The van der Waals surface area contributed by atoms with Gasteiger partial charge in [0.25, 0.3) is 0 Å². The lowest BCUT2D eigenvalue weighted by molar-refractivity contribution is 0.266. The molecule has 0 saturated carbocycles. The monoisotopic (exact) mass is 303 g/mol. The van der Waals surface area contributed by atoms with Crippen molar-refractivity contribution < 1.29 is 4.43 Å². The molecule has 0 fully saturated rings. The zero-order valence-electron chi connectivity index (χ0n) is 13.6. The molecule has 2 rings (SSSR count). The topological polar surface area (TPSA) is 39.9 Å². The summed E-state index contributed by atoms with van der Waals surface area (Å²) in [4.78, 5) is 4.34. The summed E-state index contributed by atoms with van der Waals surface area (Å²) in [6.45, 7) is 12.8. The van der Waals surface area contributed by atoms with Crippen LogP contribution in [0.5, 0.6) is 0 Å². The highest BCUT2D eigenvalue weighted by Gasteiger charge is 2.36. The van der Waals surface area contributed by atoms with Crippen molar-refractivity contribution in [1.82, 2.24) is 14.8 Å². The van der Waals surface area contributed by atoms with E-state index in [9.17, 15) is 0 Å². The second-order valence-electron chi connectivity index (χ2n) is 6.82. The first-order chi connectivity index (χ1) is 9.79. The van der Waals surface area contributed by atoms with Crippen LogP contribution in [0.3, 0.4) is 0 Å². The largest absolute Gasteiger partial charge is 0.415 e. The van der Waals surface area contributed by atoms with E-state index in [0.717, 1.165) is 17.8 Å². The van der Waals surface area contributed by atoms with Crippen molar-refractivity contribution in [3.05, 3.63) is 36.8 Å². The molecule has 0 radical (unpaired) electrons. The molecule has 2 aromatic heterocycles. The van der Waals surface area contributed by atoms with Crippen LogP contribution in [0.25, 0.3) is 11.3 Å². The quantitative estimate of drug-likeness (QED) is 0.785. The van der Waals surface area contributed by atoms with Gasteiger partial charge >= 0.3 is 0 Å². The molecular weight excluding hydrogens is 278 g/mol. The van der Waals surface area contributed by atoms with Crippen molar-refractivity contribution >= 4 is 8.32 Å². The Labute approximate surface area is 128 Å². The smallest absolute Gasteiger partial charge is 0.192 e. The highest BCUT2D eigenvalue weighted by Crippen LogP contribution is 2.36. The molecule has 0 unspecified atom stereocenters. The molecule has 0 N–H and O–H groups in total. The van der Waals surface area contributed by atoms with Crippen molar-refractivity contribution in [3.63, 3.8) is 0 Å². The summed E-state index contributed by atoms with van der Waals surface area (Å²) in [6.07, 6.45) is 5.68. The molecule has 0 aromatic carbocycles. The molecule has 0 amide bonds. The summed E-state index contributed by atoms with van der Waals surface area (Å²) in [5.74, 6) is 0. The van der Waals surface area contributed by atoms with Gasteiger partial charge in [0.05, 0.1) is 25.0 Å². The fourth-order valence-corrected chi connectivity index (χ4v) is 2.80. The highest BCUT2D eigenvalue weighted by molar-refractivity contribution is 6.74. The van der Waals surface area contributed by atoms with Crippen LogP contribution in [-0.2, 0) is 11.0 Å². The Hall–Kier alpha value is -1.46. The van der Waals surface area contributed by atoms with E-state index >= 15 is 0 Å². The second-order valence-corrected chi connectivity index (χ2v) is 11.6. The molecule has 0 saturated heterocycles. The minimum Gasteiger partial charge on any atom is -0.415 e. The molecule has 0 bridgehead atoms. The van der Waals surface area contributed by atoms with Gasteiger partial charge in [-0.25, -0.2) is 0 Å². The normalized spacial score (nSPS) is 12.6. The van der Waals surface area contributed by atoms with E-state index < -0.39 is 8.32 Å². The van der Waals surface area contributed by atoms with Gasteiger partial charge in [0, 0.05) is 18.0 Å². The molecule has 2 heterocycles. The zero-order valence-corrected chi connectivity index (χ0v) is 14.6. The van der Waals surface area contributed by atoms with Crippen LogP contribution >= 0.6 is 0 Å². The van der Waals surface area contributed by atoms with Crippen molar-refractivity contribution in [2.45, 2.75) is 45.4 Å². The molecule has 114 valence electrons. The lowest BCUT2D eigenvalue weighted by Crippen LogP contribution is -2.41. The van der Waals surface area contributed by atoms with Gasteiger partial charge in [-0.1, -0.05) is 26.8 Å². The lowest BCUT2D eigenvalue weighted by atomic mass is 10.2. The standard InChI is InChI=1S/C16H25N3OSi/c1-16(2,3)21(4,5)20-11-10-19-13-14(12-18-19)15-8-6-7-9-17-15/h6-9,12-13H,10-11H2,1-5H3. The van der Waals surface area contributed by atoms with Gasteiger partial charge in [0.1, 0.15) is 0 Å². The van der Waals surface area contributed by atoms with Crippen LogP contribution in [0.4, 0.5) is 0 Å². The number of hydrogen-bond donors (Lipinski definition) is 0. The summed E-state index contributed by atoms with van der Waals surface area (Å²) >= 11 is 0. The van der Waals surface area contributed by atoms with Gasteiger partial charge in [-0.2, -0.15) is 5.10 Å². The number of nitrogens with zero attached hydrogens (tertiary/aromatic N) is 3. The predicted molar refractivity (Wildman–Crippen MR) is 88.6 cm³/mol. The highest BCUT2D eigenvalue weighted by atomic mass is 28.4. The van der Waals surface area contributed by atoms with Gasteiger partial charge in [0.15, 0.2) is 8.32 Å². The van der Waals surface area contributed by atoms with Crippen LogP contribution in [0, 0.1) is 0 Å². The molecule has 0 aliphatic carbocycles. The summed E-state index contributed by atoms with van der Waals surface area (Å²) < 4.78 is 8.10. The van der Waals surface area contributed by atoms with Crippen molar-refractivity contribution in [2.75, 3.05) is 6.61 Å². The van der Waals surface area contributed by atoms with E-state index in [-0.39, 0.29) is 5.04 Å². The molecule has 0 aliphatic rings. The maximum absolute atomic E-state index is 6.18. The maximum Gasteiger partial charge on any atom is 0.192 e. The molecule has 4 nitrogen and oxygen atoms in total. The van der Waals surface area contributed by atoms with E-state index in [2.05, 4.69) is 43.9 Å². The van der Waals surface area contributed by atoms with Crippen LogP contribution in [-0.4, -0.2) is 29.7 Å². The van der Waals surface area contributed by atoms with Gasteiger partial charge in [0.2, 0.25) is 0 Å². The third-order valence-corrected chi connectivity index (χ3v) is 8.72. The second kappa shape index (κ2) is 6.11. The minimum atomic E-state index is -1.67. The summed E-state index contributed by atoms with van der Waals surface area (Å²) in [5.41, 5.74) is 2.00. The molecule has 5 heteroatoms. The lowest BCUT2D eigenvalue weighted by Gasteiger charge is -2.36. The van der Waals surface area contributed by atoms with E-state index in [1.165, 1.54) is 0 Å². The first-order valence-corrected chi connectivity index (χ1v) is 10.3. The van der Waals surface area contributed by atoms with E-state index in [4.69, 9.17) is 4.43 Å². The first-order valence-electron chi connectivity index (χ1n) is 7.37. The molecule has 2 aromatic rings. The van der Waals surface area contributed by atoms with Crippen molar-refractivity contribution in [3.8, 4) is 11.3 Å². The summed E-state index contributed by atoms with van der Waals surface area (Å²) in [7, 11) is -1.67. The van der Waals surface area contributed by atoms with Crippen LogP contribution in [0.1, 0.15) is 20.8 Å². The average molecular weight is 303 g/mol. The fraction of sp³-hybridized carbons (Fsp3) is 0.500. The SMILES string of the molecule is CC(C)(C)[Si](C)(C)OCCn1cc(-c2ccccn2)cn1. The van der Waals surface area contributed by atoms with Gasteiger partial charge in [-0.05, 0) is 30.3 Å². The van der Waals surface area contributed by atoms with Crippen molar-refractivity contribution in [1.29, 1.82) is 0 Å². The zero-order chi connectivity index (χ0) is 15.5. The Balaban J connectivity index is 1.93. The van der Waals surface area contributed by atoms with Crippen molar-refractivity contribution in [2.24, 2.45) is 0 Å². The van der Waals surface area contributed by atoms with E-state index in [1.54, 1.807) is 6.20 Å². The van der Waals surface area contributed by atoms with Crippen LogP contribution in [0.2, 0.25) is 18.1 Å². The van der Waals surface area contributed by atoms with Crippen LogP contribution in [0.15, 0.2) is 36.8 Å². The summed E-state index contributed by atoms with van der Waals surface area (Å²) in [5, 5.41) is 4.63. The molecule has 0 aliphatic heterocycles. The minimum absolute atomic E-state index is 0.246. The maximum atomic E-state index is 6.18. The molecule has 0 spiro atoms. The Morgan fingerprint density at radius 3 is 2.62 bits per heavy atom. The number of pyridine rings is 1. The van der Waals surface area contributed by atoms with E-state index in [1.807, 2.05) is 35.3 Å². The average Bonchev–Trinajstić information content (AvgIpc) is 2.87. The Morgan fingerprint density at radius 1 is 1.24 bits per heavy atom. The Kier molecular flexibility index (Phi) is 4.63. The Bertz CT molecular complexity index is 573. The number of rotatable bonds is 5. The third-order valence-electron chi connectivity index (χ3n) is 4.18. The number of aromatic nitrogens is 3. The summed E-state index contributed by atoms with van der Waals surface area (Å²) in [6, 6.07) is 5.90. The fourth-order valence-electron chi connectivity index (χ4n) is 1.76. The first kappa shape index (κ1) is 15.9. The van der Waals surface area contributed by atoms with Gasteiger partial charge < -0.3 is 4.43 Å². The van der Waals surface area contributed by atoms with Crippen LogP contribution < -0.4 is 0 Å². The number of hydrogen-bond acceptors (Lipinski definition) is 3. The van der Waals surface area contributed by atoms with E-state index in [0.29, 0.717) is 6.61 Å². The van der Waals surface area contributed by atoms with Gasteiger partial charge in [-0.15, -0.1) is 0 Å². The Morgan fingerprint density at radius 2 is 2.00 bits per heavy atom. The van der Waals surface area contributed by atoms with Gasteiger partial charge in [-0.3, -0.25) is 9.67 Å². The predicted octanol–water partition coefficient (Wildman–Crippen LogP) is 3.97.